The monoisotopic (exact) mass is 435 g/mol. The average Bonchev–Trinajstić information content (AvgIpc) is 2.73. The number of sulfonamides is 1. The Morgan fingerprint density at radius 1 is 1.33 bits per heavy atom. The normalized spacial score (nSPS) is 17.5. The second-order valence-corrected chi connectivity index (χ2v) is 9.35. The minimum absolute atomic E-state index is 0.0950. The van der Waals surface area contributed by atoms with Gasteiger partial charge < -0.3 is 10.1 Å². The summed E-state index contributed by atoms with van der Waals surface area (Å²) in [7, 11) is -3.32. The molecule has 0 spiro atoms. The van der Waals surface area contributed by atoms with Gasteiger partial charge in [0.1, 0.15) is 11.6 Å². The van der Waals surface area contributed by atoms with Gasteiger partial charge in [-0.1, -0.05) is 19.1 Å². The number of carbonyl (C=O) groups is 1. The highest BCUT2D eigenvalue weighted by molar-refractivity contribution is 7.89. The predicted molar refractivity (Wildman–Crippen MR) is 111 cm³/mol. The van der Waals surface area contributed by atoms with Gasteiger partial charge in [0.05, 0.1) is 11.7 Å². The molecule has 1 atom stereocenters. The summed E-state index contributed by atoms with van der Waals surface area (Å²) in [6.07, 6.45) is 3.40. The zero-order valence-corrected chi connectivity index (χ0v) is 17.7. The molecule has 2 aromatic rings. The van der Waals surface area contributed by atoms with Crippen molar-refractivity contribution in [2.45, 2.75) is 32.7 Å². The lowest BCUT2D eigenvalue weighted by Gasteiger charge is -2.31. The van der Waals surface area contributed by atoms with Crippen molar-refractivity contribution in [1.29, 1.82) is 0 Å². The molecule has 1 saturated heterocycles. The first kappa shape index (κ1) is 22.2. The lowest BCUT2D eigenvalue weighted by molar-refractivity contribution is -0.126. The molecule has 1 N–H and O–H groups in total. The van der Waals surface area contributed by atoms with E-state index in [9.17, 15) is 17.6 Å². The van der Waals surface area contributed by atoms with E-state index in [1.807, 2.05) is 6.92 Å². The molecule has 162 valence electrons. The maximum Gasteiger partial charge on any atom is 0.224 e. The molecule has 0 radical (unpaired) electrons. The van der Waals surface area contributed by atoms with E-state index in [1.165, 1.54) is 22.5 Å². The van der Waals surface area contributed by atoms with Crippen LogP contribution < -0.4 is 10.1 Å². The maximum absolute atomic E-state index is 13.4. The fourth-order valence-corrected chi connectivity index (χ4v) is 5.00. The highest BCUT2D eigenvalue weighted by Gasteiger charge is 2.31. The van der Waals surface area contributed by atoms with Crippen LogP contribution in [-0.4, -0.2) is 42.5 Å². The van der Waals surface area contributed by atoms with E-state index in [0.717, 1.165) is 0 Å². The molecule has 1 aliphatic rings. The molecule has 3 rings (SSSR count). The smallest absolute Gasteiger partial charge is 0.224 e. The molecule has 1 aromatic carbocycles. The molecule has 1 unspecified atom stereocenters. The zero-order valence-electron chi connectivity index (χ0n) is 16.9. The summed E-state index contributed by atoms with van der Waals surface area (Å²) in [5.41, 5.74) is 0.640. The highest BCUT2D eigenvalue weighted by Crippen LogP contribution is 2.24. The van der Waals surface area contributed by atoms with E-state index in [1.54, 1.807) is 24.4 Å². The molecule has 2 heterocycles. The topological polar surface area (TPSA) is 88.6 Å². The van der Waals surface area contributed by atoms with Gasteiger partial charge in [0.25, 0.3) is 0 Å². The second kappa shape index (κ2) is 9.99. The number of ether oxygens (including phenoxy) is 1. The third-order valence-electron chi connectivity index (χ3n) is 4.92. The summed E-state index contributed by atoms with van der Waals surface area (Å²) in [5, 5.41) is 2.86. The van der Waals surface area contributed by atoms with E-state index < -0.39 is 21.8 Å². The second-order valence-electron chi connectivity index (χ2n) is 7.26. The molecule has 1 fully saturated rings. The molecule has 0 bridgehead atoms. The minimum atomic E-state index is -3.32. The number of aromatic nitrogens is 1. The number of rotatable bonds is 8. The SMILES string of the molecule is CCCS(=O)(=O)N1CCCC(C(=O)NCc2cccnc2Oc2cccc(F)c2)C1. The summed E-state index contributed by atoms with van der Waals surface area (Å²) in [5.74, 6) is -0.332. The molecule has 1 amide bonds. The lowest BCUT2D eigenvalue weighted by Crippen LogP contribution is -2.45. The fraction of sp³-hybridized carbons (Fsp3) is 0.429. The Bertz CT molecular complexity index is 984. The van der Waals surface area contributed by atoms with E-state index >= 15 is 0 Å². The third kappa shape index (κ3) is 5.76. The first-order chi connectivity index (χ1) is 14.4. The molecular formula is C21H26FN3O4S. The number of benzene rings is 1. The van der Waals surface area contributed by atoms with Gasteiger partial charge in [-0.15, -0.1) is 0 Å². The number of halogens is 1. The van der Waals surface area contributed by atoms with Gasteiger partial charge >= 0.3 is 0 Å². The largest absolute Gasteiger partial charge is 0.439 e. The van der Waals surface area contributed by atoms with Crippen molar-refractivity contribution < 1.29 is 22.3 Å². The van der Waals surface area contributed by atoms with Gasteiger partial charge in [0.15, 0.2) is 0 Å². The summed E-state index contributed by atoms with van der Waals surface area (Å²) in [4.78, 5) is 16.8. The summed E-state index contributed by atoms with van der Waals surface area (Å²) in [6.45, 7) is 2.66. The Balaban J connectivity index is 1.62. The molecule has 7 nitrogen and oxygen atoms in total. The summed E-state index contributed by atoms with van der Waals surface area (Å²) in [6, 6.07) is 9.22. The number of pyridine rings is 1. The van der Waals surface area contributed by atoms with E-state index in [2.05, 4.69) is 10.3 Å². The number of piperidine rings is 1. The van der Waals surface area contributed by atoms with E-state index in [-0.39, 0.29) is 30.6 Å². The average molecular weight is 436 g/mol. The first-order valence-electron chi connectivity index (χ1n) is 10.0. The number of carbonyl (C=O) groups excluding carboxylic acids is 1. The summed E-state index contributed by atoms with van der Waals surface area (Å²) < 4.78 is 45.1. The van der Waals surface area contributed by atoms with Crippen LogP contribution in [0.5, 0.6) is 11.6 Å². The Hall–Kier alpha value is -2.52. The summed E-state index contributed by atoms with van der Waals surface area (Å²) >= 11 is 0. The Kier molecular flexibility index (Phi) is 7.38. The van der Waals surface area contributed by atoms with E-state index in [4.69, 9.17) is 4.74 Å². The van der Waals surface area contributed by atoms with Crippen molar-refractivity contribution in [1.82, 2.24) is 14.6 Å². The Labute approximate surface area is 176 Å². The molecule has 9 heteroatoms. The van der Waals surface area contributed by atoms with Crippen LogP contribution in [0.3, 0.4) is 0 Å². The van der Waals surface area contributed by atoms with Crippen molar-refractivity contribution in [3.63, 3.8) is 0 Å². The zero-order chi connectivity index (χ0) is 21.6. The van der Waals surface area contributed by atoms with Crippen LogP contribution in [0.25, 0.3) is 0 Å². The quantitative estimate of drug-likeness (QED) is 0.688. The van der Waals surface area contributed by atoms with Crippen LogP contribution in [0.15, 0.2) is 42.6 Å². The van der Waals surface area contributed by atoms with Crippen LogP contribution >= 0.6 is 0 Å². The van der Waals surface area contributed by atoms with Gasteiger partial charge in [-0.05, 0) is 37.5 Å². The molecule has 0 saturated carbocycles. The minimum Gasteiger partial charge on any atom is -0.439 e. The lowest BCUT2D eigenvalue weighted by atomic mass is 9.99. The van der Waals surface area contributed by atoms with Gasteiger partial charge in [-0.25, -0.2) is 22.1 Å². The van der Waals surface area contributed by atoms with Crippen LogP contribution in [0.4, 0.5) is 4.39 Å². The molecule has 0 aliphatic carbocycles. The number of nitrogens with one attached hydrogen (secondary N) is 1. The van der Waals surface area contributed by atoms with Crippen LogP contribution in [0.2, 0.25) is 0 Å². The van der Waals surface area contributed by atoms with Crippen molar-refractivity contribution in [2.75, 3.05) is 18.8 Å². The maximum atomic E-state index is 13.4. The van der Waals surface area contributed by atoms with Crippen molar-refractivity contribution in [2.24, 2.45) is 5.92 Å². The van der Waals surface area contributed by atoms with Gasteiger partial charge in [-0.3, -0.25) is 4.79 Å². The Morgan fingerprint density at radius 3 is 2.93 bits per heavy atom. The van der Waals surface area contributed by atoms with Gasteiger partial charge in [0.2, 0.25) is 21.8 Å². The highest BCUT2D eigenvalue weighted by atomic mass is 32.2. The van der Waals surface area contributed by atoms with Crippen molar-refractivity contribution in [3.05, 3.63) is 54.0 Å². The molecular weight excluding hydrogens is 409 g/mol. The molecule has 1 aliphatic heterocycles. The van der Waals surface area contributed by atoms with E-state index in [0.29, 0.717) is 37.1 Å². The van der Waals surface area contributed by atoms with Crippen molar-refractivity contribution in [3.8, 4) is 11.6 Å². The molecule has 1 aromatic heterocycles. The number of hydrogen-bond donors (Lipinski definition) is 1. The number of amides is 1. The van der Waals surface area contributed by atoms with Gasteiger partial charge in [0, 0.05) is 37.5 Å². The van der Waals surface area contributed by atoms with Crippen LogP contribution in [0.1, 0.15) is 31.7 Å². The predicted octanol–water partition coefficient (Wildman–Crippen LogP) is 3.08. The van der Waals surface area contributed by atoms with Crippen molar-refractivity contribution >= 4 is 15.9 Å². The van der Waals surface area contributed by atoms with Gasteiger partial charge in [-0.2, -0.15) is 0 Å². The number of hydrogen-bond acceptors (Lipinski definition) is 5. The standard InChI is InChI=1S/C21H26FN3O4S/c1-2-12-30(27,28)25-11-5-7-17(15-25)20(26)24-14-16-6-4-10-23-21(16)29-19-9-3-8-18(22)13-19/h3-4,6,8-10,13,17H,2,5,7,11-12,14-15H2,1H3,(H,24,26). The fourth-order valence-electron chi connectivity index (χ4n) is 3.42. The third-order valence-corrected chi connectivity index (χ3v) is 6.97. The first-order valence-corrected chi connectivity index (χ1v) is 11.6. The van der Waals surface area contributed by atoms with Crippen LogP contribution in [-0.2, 0) is 21.4 Å². The Morgan fingerprint density at radius 2 is 2.17 bits per heavy atom. The number of nitrogens with zero attached hydrogens (tertiary/aromatic N) is 2. The molecule has 30 heavy (non-hydrogen) atoms. The van der Waals surface area contributed by atoms with Crippen LogP contribution in [0, 0.1) is 11.7 Å².